The molecule has 0 aliphatic rings. The number of benzene rings is 1. The van der Waals surface area contributed by atoms with Crippen LogP contribution in [0.15, 0.2) is 29.8 Å². The fourth-order valence-electron chi connectivity index (χ4n) is 1.31. The van der Waals surface area contributed by atoms with Crippen LogP contribution >= 0.6 is 0 Å². The predicted molar refractivity (Wildman–Crippen MR) is 66.0 cm³/mol. The van der Waals surface area contributed by atoms with E-state index in [-0.39, 0.29) is 5.57 Å². The Hall–Kier alpha value is -2.08. The normalized spacial score (nSPS) is 10.8. The minimum atomic E-state index is -0.558. The van der Waals surface area contributed by atoms with Gasteiger partial charge in [-0.05, 0) is 30.5 Å². The van der Waals surface area contributed by atoms with Gasteiger partial charge in [0.2, 0.25) is 0 Å². The van der Waals surface area contributed by atoms with Crippen LogP contribution < -0.4 is 0 Å². The quantitative estimate of drug-likeness (QED) is 0.453. The van der Waals surface area contributed by atoms with E-state index in [4.69, 9.17) is 10.00 Å². The summed E-state index contributed by atoms with van der Waals surface area (Å²) in [6.07, 6.45) is 2.31. The van der Waals surface area contributed by atoms with Gasteiger partial charge >= 0.3 is 5.97 Å². The van der Waals surface area contributed by atoms with Gasteiger partial charge in [0.1, 0.15) is 11.6 Å². The molecular weight excluding hydrogens is 214 g/mol. The van der Waals surface area contributed by atoms with E-state index in [1.807, 2.05) is 44.2 Å². The molecule has 0 fully saturated rings. The predicted octanol–water partition coefficient (Wildman–Crippen LogP) is 2.86. The van der Waals surface area contributed by atoms with Crippen molar-refractivity contribution in [2.75, 3.05) is 6.61 Å². The molecule has 3 heteroatoms. The molecule has 0 heterocycles. The number of carbonyl (C=O) groups is 1. The maximum atomic E-state index is 11.5. The number of esters is 1. The summed E-state index contributed by atoms with van der Waals surface area (Å²) < 4.78 is 4.93. The molecule has 0 aliphatic heterocycles. The van der Waals surface area contributed by atoms with Crippen LogP contribution in [0.4, 0.5) is 0 Å². The zero-order valence-corrected chi connectivity index (χ0v) is 10.1. The van der Waals surface area contributed by atoms with Gasteiger partial charge in [0.05, 0.1) is 6.61 Å². The van der Waals surface area contributed by atoms with Crippen LogP contribution in [0.1, 0.15) is 24.5 Å². The summed E-state index contributed by atoms with van der Waals surface area (Å²) in [5.74, 6) is -0.558. The van der Waals surface area contributed by atoms with Gasteiger partial charge in [-0.1, -0.05) is 31.2 Å². The number of hydrogen-bond acceptors (Lipinski definition) is 3. The highest BCUT2D eigenvalue weighted by Gasteiger charge is 2.10. The Labute approximate surface area is 101 Å². The van der Waals surface area contributed by atoms with Gasteiger partial charge in [-0.25, -0.2) is 4.79 Å². The van der Waals surface area contributed by atoms with E-state index in [0.29, 0.717) is 6.61 Å². The first kappa shape index (κ1) is 13.0. The average molecular weight is 229 g/mol. The molecule has 0 spiro atoms. The lowest BCUT2D eigenvalue weighted by molar-refractivity contribution is -0.138. The number of nitriles is 1. The number of nitrogens with zero attached hydrogens (tertiary/aromatic N) is 1. The summed E-state index contributed by atoms with van der Waals surface area (Å²) in [6, 6.07) is 9.44. The smallest absolute Gasteiger partial charge is 0.348 e. The van der Waals surface area contributed by atoms with Crippen molar-refractivity contribution in [1.82, 2.24) is 0 Å². The maximum Gasteiger partial charge on any atom is 0.348 e. The lowest BCUT2D eigenvalue weighted by Crippen LogP contribution is -2.07. The molecule has 0 atom stereocenters. The van der Waals surface area contributed by atoms with Crippen molar-refractivity contribution in [3.8, 4) is 6.07 Å². The topological polar surface area (TPSA) is 50.1 Å². The van der Waals surface area contributed by atoms with Gasteiger partial charge in [-0.3, -0.25) is 0 Å². The zero-order valence-electron chi connectivity index (χ0n) is 10.1. The number of carbonyl (C=O) groups excluding carboxylic acids is 1. The Balaban J connectivity index is 2.92. The molecule has 1 aromatic carbocycles. The Morgan fingerprint density at radius 1 is 1.47 bits per heavy atom. The van der Waals surface area contributed by atoms with Crippen molar-refractivity contribution in [2.45, 2.75) is 20.3 Å². The van der Waals surface area contributed by atoms with E-state index >= 15 is 0 Å². The molecule has 1 aromatic rings. The lowest BCUT2D eigenvalue weighted by Gasteiger charge is -2.03. The van der Waals surface area contributed by atoms with Crippen LogP contribution in [0, 0.1) is 18.3 Å². The van der Waals surface area contributed by atoms with Crippen molar-refractivity contribution < 1.29 is 9.53 Å². The van der Waals surface area contributed by atoms with E-state index in [1.54, 1.807) is 6.08 Å². The van der Waals surface area contributed by atoms with Crippen LogP contribution in [0.2, 0.25) is 0 Å². The Morgan fingerprint density at radius 3 is 2.76 bits per heavy atom. The molecule has 0 bridgehead atoms. The highest BCUT2D eigenvalue weighted by molar-refractivity contribution is 5.98. The standard InChI is InChI=1S/C14H15NO2/c1-3-8-17-14(16)13(10-15)9-12-7-5-4-6-11(12)2/h4-7,9H,3,8H2,1-2H3/b13-9+. The van der Waals surface area contributed by atoms with Gasteiger partial charge in [0.25, 0.3) is 0 Å². The van der Waals surface area contributed by atoms with Crippen LogP contribution in [0.3, 0.4) is 0 Å². The average Bonchev–Trinajstić information content (AvgIpc) is 2.35. The molecule has 0 amide bonds. The van der Waals surface area contributed by atoms with E-state index < -0.39 is 5.97 Å². The molecule has 17 heavy (non-hydrogen) atoms. The fraction of sp³-hybridized carbons (Fsp3) is 0.286. The molecule has 0 saturated carbocycles. The summed E-state index contributed by atoms with van der Waals surface area (Å²) in [5.41, 5.74) is 1.91. The van der Waals surface area contributed by atoms with Gasteiger partial charge in [-0.15, -0.1) is 0 Å². The third kappa shape index (κ3) is 3.76. The monoisotopic (exact) mass is 229 g/mol. The summed E-state index contributed by atoms with van der Waals surface area (Å²) in [5, 5.41) is 8.93. The molecule has 0 N–H and O–H groups in total. The van der Waals surface area contributed by atoms with E-state index in [1.165, 1.54) is 0 Å². The van der Waals surface area contributed by atoms with Gasteiger partial charge in [0, 0.05) is 0 Å². The summed E-state index contributed by atoms with van der Waals surface area (Å²) in [7, 11) is 0. The highest BCUT2D eigenvalue weighted by atomic mass is 16.5. The summed E-state index contributed by atoms with van der Waals surface area (Å²) in [6.45, 7) is 4.17. The highest BCUT2D eigenvalue weighted by Crippen LogP contribution is 2.12. The molecule has 88 valence electrons. The van der Waals surface area contributed by atoms with Crippen LogP contribution in [-0.4, -0.2) is 12.6 Å². The van der Waals surface area contributed by atoms with Crippen molar-refractivity contribution in [1.29, 1.82) is 5.26 Å². The number of rotatable bonds is 4. The first-order chi connectivity index (χ1) is 8.19. The van der Waals surface area contributed by atoms with Gasteiger partial charge in [0.15, 0.2) is 0 Å². The Kier molecular flexibility index (Phi) is 4.96. The van der Waals surface area contributed by atoms with E-state index in [2.05, 4.69) is 0 Å². The lowest BCUT2D eigenvalue weighted by atomic mass is 10.1. The molecule has 3 nitrogen and oxygen atoms in total. The molecule has 0 radical (unpaired) electrons. The SMILES string of the molecule is CCCOC(=O)/C(C#N)=C/c1ccccc1C. The second kappa shape index (κ2) is 6.49. The van der Waals surface area contributed by atoms with E-state index in [9.17, 15) is 4.79 Å². The van der Waals surface area contributed by atoms with Crippen LogP contribution in [0.25, 0.3) is 6.08 Å². The fourth-order valence-corrected chi connectivity index (χ4v) is 1.31. The van der Waals surface area contributed by atoms with Crippen molar-refractivity contribution in [3.63, 3.8) is 0 Å². The number of aryl methyl sites for hydroxylation is 1. The van der Waals surface area contributed by atoms with Crippen LogP contribution in [0.5, 0.6) is 0 Å². The summed E-state index contributed by atoms with van der Waals surface area (Å²) in [4.78, 5) is 11.5. The van der Waals surface area contributed by atoms with E-state index in [0.717, 1.165) is 17.5 Å². The summed E-state index contributed by atoms with van der Waals surface area (Å²) >= 11 is 0. The number of hydrogen-bond donors (Lipinski definition) is 0. The Bertz CT molecular complexity index is 469. The van der Waals surface area contributed by atoms with Crippen molar-refractivity contribution in [3.05, 3.63) is 41.0 Å². The molecule has 0 unspecified atom stereocenters. The molecule has 1 rings (SSSR count). The van der Waals surface area contributed by atoms with Crippen molar-refractivity contribution >= 4 is 12.0 Å². The Morgan fingerprint density at radius 2 is 2.18 bits per heavy atom. The molecular formula is C14H15NO2. The first-order valence-corrected chi connectivity index (χ1v) is 5.53. The first-order valence-electron chi connectivity index (χ1n) is 5.53. The minimum Gasteiger partial charge on any atom is -0.462 e. The molecule has 0 aromatic heterocycles. The van der Waals surface area contributed by atoms with Gasteiger partial charge < -0.3 is 4.74 Å². The second-order valence-corrected chi connectivity index (χ2v) is 3.66. The van der Waals surface area contributed by atoms with Crippen LogP contribution in [-0.2, 0) is 9.53 Å². The zero-order chi connectivity index (χ0) is 12.7. The molecule has 0 saturated heterocycles. The van der Waals surface area contributed by atoms with Gasteiger partial charge in [-0.2, -0.15) is 5.26 Å². The molecule has 0 aliphatic carbocycles. The largest absolute Gasteiger partial charge is 0.462 e. The number of ether oxygens (including phenoxy) is 1. The maximum absolute atomic E-state index is 11.5. The third-order valence-electron chi connectivity index (χ3n) is 2.27. The third-order valence-corrected chi connectivity index (χ3v) is 2.27. The second-order valence-electron chi connectivity index (χ2n) is 3.66. The minimum absolute atomic E-state index is 0.0350. The van der Waals surface area contributed by atoms with Crippen molar-refractivity contribution in [2.24, 2.45) is 0 Å².